The van der Waals surface area contributed by atoms with E-state index in [-0.39, 0.29) is 19.3 Å². The van der Waals surface area contributed by atoms with Crippen molar-refractivity contribution in [1.29, 1.82) is 0 Å². The number of benzene rings is 1. The van der Waals surface area contributed by atoms with Crippen LogP contribution in [-0.4, -0.2) is 33.0 Å². The maximum atomic E-state index is 11.8. The van der Waals surface area contributed by atoms with Crippen molar-refractivity contribution in [3.8, 4) is 5.75 Å². The zero-order valence-electron chi connectivity index (χ0n) is 12.0. The predicted molar refractivity (Wildman–Crippen MR) is 75.9 cm³/mol. The Balaban J connectivity index is 2.33. The van der Waals surface area contributed by atoms with Gasteiger partial charge in [-0.1, -0.05) is 17.7 Å². The minimum Gasteiger partial charge on any atom is -0.492 e. The van der Waals surface area contributed by atoms with Gasteiger partial charge >= 0.3 is 6.18 Å². The van der Waals surface area contributed by atoms with Crippen molar-refractivity contribution in [3.63, 3.8) is 0 Å². The van der Waals surface area contributed by atoms with Crippen LogP contribution in [0.15, 0.2) is 18.2 Å². The number of halogens is 4. The van der Waals surface area contributed by atoms with Gasteiger partial charge in [-0.05, 0) is 31.7 Å². The summed E-state index contributed by atoms with van der Waals surface area (Å²) in [6.45, 7) is 1.01. The molecule has 0 spiro atoms. The highest BCUT2D eigenvalue weighted by Crippen LogP contribution is 2.27. The fourth-order valence-corrected chi connectivity index (χ4v) is 1.84. The topological polar surface area (TPSA) is 30.5 Å². The van der Waals surface area contributed by atoms with Crippen LogP contribution in [0.1, 0.15) is 24.9 Å². The maximum Gasteiger partial charge on any atom is 0.411 e. The van der Waals surface area contributed by atoms with E-state index in [0.29, 0.717) is 17.2 Å². The predicted octanol–water partition coefficient (Wildman–Crippen LogP) is 3.97. The van der Waals surface area contributed by atoms with E-state index in [9.17, 15) is 13.2 Å². The summed E-state index contributed by atoms with van der Waals surface area (Å²) in [4.78, 5) is 0. The summed E-state index contributed by atoms with van der Waals surface area (Å²) in [5.74, 6) is 0.513. The molecule has 1 aromatic rings. The fraction of sp³-hybridized carbons (Fsp3) is 0.571. The van der Waals surface area contributed by atoms with Crippen LogP contribution in [0, 0.1) is 0 Å². The van der Waals surface area contributed by atoms with Gasteiger partial charge < -0.3 is 14.8 Å². The molecule has 0 aromatic heterocycles. The molecule has 1 atom stereocenters. The summed E-state index contributed by atoms with van der Waals surface area (Å²) in [7, 11) is 1.85. The Morgan fingerprint density at radius 1 is 1.29 bits per heavy atom. The molecule has 1 aromatic carbocycles. The van der Waals surface area contributed by atoms with Crippen molar-refractivity contribution >= 4 is 11.6 Å². The Hall–Kier alpha value is -0.980. The minimum atomic E-state index is -4.29. The molecule has 0 radical (unpaired) electrons. The highest BCUT2D eigenvalue weighted by Gasteiger charge is 2.27. The first-order chi connectivity index (χ1) is 9.83. The first-order valence-corrected chi connectivity index (χ1v) is 6.95. The van der Waals surface area contributed by atoms with Gasteiger partial charge in [-0.25, -0.2) is 0 Å². The molecule has 0 bridgehead atoms. The Kier molecular flexibility index (Phi) is 7.28. The third kappa shape index (κ3) is 7.02. The van der Waals surface area contributed by atoms with Gasteiger partial charge in [-0.3, -0.25) is 0 Å². The normalized spacial score (nSPS) is 13.2. The molecule has 0 aliphatic rings. The Labute approximate surface area is 127 Å². The molecular weight excluding hydrogens is 307 g/mol. The number of nitrogens with one attached hydrogen (secondary N) is 1. The molecule has 3 nitrogen and oxygen atoms in total. The summed E-state index contributed by atoms with van der Waals surface area (Å²) in [5, 5.41) is 3.58. The van der Waals surface area contributed by atoms with Crippen molar-refractivity contribution < 1.29 is 22.6 Å². The highest BCUT2D eigenvalue weighted by atomic mass is 35.5. The summed E-state index contributed by atoms with van der Waals surface area (Å²) < 4.78 is 45.4. The molecule has 0 heterocycles. The van der Waals surface area contributed by atoms with E-state index in [2.05, 4.69) is 10.1 Å². The zero-order chi connectivity index (χ0) is 15.9. The van der Waals surface area contributed by atoms with Gasteiger partial charge in [0.15, 0.2) is 0 Å². The van der Waals surface area contributed by atoms with E-state index in [1.54, 1.807) is 12.1 Å². The van der Waals surface area contributed by atoms with Crippen LogP contribution in [0.2, 0.25) is 5.02 Å². The first-order valence-electron chi connectivity index (χ1n) is 6.57. The molecule has 1 rings (SSSR count). The molecule has 0 saturated carbocycles. The van der Waals surface area contributed by atoms with Gasteiger partial charge in [-0.2, -0.15) is 13.2 Å². The Morgan fingerprint density at radius 3 is 2.57 bits per heavy atom. The third-order valence-corrected chi connectivity index (χ3v) is 3.14. The summed E-state index contributed by atoms with van der Waals surface area (Å²) in [6.07, 6.45) is -3.93. The van der Waals surface area contributed by atoms with Crippen molar-refractivity contribution in [2.24, 2.45) is 0 Å². The standard InChI is InChI=1S/C14H19ClF3NO2/c1-10(19-2)11-4-5-13(12(15)8-11)21-7-3-6-20-9-14(16,17)18/h4-5,8,10,19H,3,6-7,9H2,1-2H3. The average Bonchev–Trinajstić information content (AvgIpc) is 2.42. The van der Waals surface area contributed by atoms with Crippen LogP contribution in [0.25, 0.3) is 0 Å². The van der Waals surface area contributed by atoms with E-state index >= 15 is 0 Å². The minimum absolute atomic E-state index is 0.00794. The molecule has 0 fully saturated rings. The highest BCUT2D eigenvalue weighted by molar-refractivity contribution is 6.32. The molecule has 0 aliphatic carbocycles. The molecule has 7 heteroatoms. The fourth-order valence-electron chi connectivity index (χ4n) is 1.60. The van der Waals surface area contributed by atoms with Gasteiger partial charge in [0, 0.05) is 12.5 Å². The molecule has 0 amide bonds. The van der Waals surface area contributed by atoms with Gasteiger partial charge in [0.05, 0.1) is 18.2 Å². The van der Waals surface area contributed by atoms with Crippen molar-refractivity contribution in [1.82, 2.24) is 5.32 Å². The van der Waals surface area contributed by atoms with E-state index in [1.807, 2.05) is 20.0 Å². The second-order valence-corrected chi connectivity index (χ2v) is 4.98. The van der Waals surface area contributed by atoms with Crippen LogP contribution in [0.3, 0.4) is 0 Å². The van der Waals surface area contributed by atoms with E-state index in [4.69, 9.17) is 16.3 Å². The van der Waals surface area contributed by atoms with E-state index in [1.165, 1.54) is 0 Å². The smallest absolute Gasteiger partial charge is 0.411 e. The van der Waals surface area contributed by atoms with Gasteiger partial charge in [-0.15, -0.1) is 0 Å². The van der Waals surface area contributed by atoms with E-state index < -0.39 is 12.8 Å². The lowest BCUT2D eigenvalue weighted by Gasteiger charge is -2.13. The lowest BCUT2D eigenvalue weighted by molar-refractivity contribution is -0.174. The Morgan fingerprint density at radius 2 is 2.00 bits per heavy atom. The summed E-state index contributed by atoms with van der Waals surface area (Å²) >= 11 is 6.10. The second kappa shape index (κ2) is 8.46. The van der Waals surface area contributed by atoms with Crippen LogP contribution in [0.4, 0.5) is 13.2 Å². The van der Waals surface area contributed by atoms with Crippen molar-refractivity contribution in [2.75, 3.05) is 26.9 Å². The number of rotatable bonds is 8. The third-order valence-electron chi connectivity index (χ3n) is 2.85. The van der Waals surface area contributed by atoms with Crippen molar-refractivity contribution in [2.45, 2.75) is 25.6 Å². The summed E-state index contributed by atoms with van der Waals surface area (Å²) in [6, 6.07) is 5.62. The largest absolute Gasteiger partial charge is 0.492 e. The zero-order valence-corrected chi connectivity index (χ0v) is 12.7. The lowest BCUT2D eigenvalue weighted by Crippen LogP contribution is -2.18. The van der Waals surface area contributed by atoms with Crippen LogP contribution in [0.5, 0.6) is 5.75 Å². The number of ether oxygens (including phenoxy) is 2. The molecule has 120 valence electrons. The van der Waals surface area contributed by atoms with Crippen LogP contribution < -0.4 is 10.1 Å². The van der Waals surface area contributed by atoms with Gasteiger partial charge in [0.25, 0.3) is 0 Å². The Bertz CT molecular complexity index is 441. The summed E-state index contributed by atoms with van der Waals surface area (Å²) in [5.41, 5.74) is 1.03. The molecule has 0 aliphatic heterocycles. The van der Waals surface area contributed by atoms with Crippen LogP contribution >= 0.6 is 11.6 Å². The molecular formula is C14H19ClF3NO2. The van der Waals surface area contributed by atoms with Gasteiger partial charge in [0.1, 0.15) is 12.4 Å². The molecule has 1 unspecified atom stereocenters. The van der Waals surface area contributed by atoms with Crippen molar-refractivity contribution in [3.05, 3.63) is 28.8 Å². The molecule has 1 N–H and O–H groups in total. The SMILES string of the molecule is CNC(C)c1ccc(OCCCOCC(F)(F)F)c(Cl)c1. The molecule has 21 heavy (non-hydrogen) atoms. The van der Waals surface area contributed by atoms with Gasteiger partial charge in [0.2, 0.25) is 0 Å². The maximum absolute atomic E-state index is 11.8. The van der Waals surface area contributed by atoms with Crippen LogP contribution in [-0.2, 0) is 4.74 Å². The molecule has 0 saturated heterocycles. The number of hydrogen-bond acceptors (Lipinski definition) is 3. The number of alkyl halides is 3. The quantitative estimate of drug-likeness (QED) is 0.734. The first kappa shape index (κ1) is 18.1. The monoisotopic (exact) mass is 325 g/mol. The second-order valence-electron chi connectivity index (χ2n) is 4.57. The average molecular weight is 326 g/mol. The lowest BCUT2D eigenvalue weighted by atomic mass is 10.1. The van der Waals surface area contributed by atoms with E-state index in [0.717, 1.165) is 5.56 Å². The number of hydrogen-bond donors (Lipinski definition) is 1.